The first-order valence-electron chi connectivity index (χ1n) is 6.31. The summed E-state index contributed by atoms with van der Waals surface area (Å²) < 4.78 is 4.68. The Morgan fingerprint density at radius 1 is 1.33 bits per heavy atom. The normalized spacial score (nSPS) is 11.7. The SMILES string of the molecule is C#CCCCCC(=O)NC(CC(C)C)C(=O)OC. The smallest absolute Gasteiger partial charge is 0.328 e. The second-order valence-corrected chi connectivity index (χ2v) is 4.68. The molecule has 0 aliphatic carbocycles. The second-order valence-electron chi connectivity index (χ2n) is 4.68. The molecule has 4 nitrogen and oxygen atoms in total. The van der Waals surface area contributed by atoms with Gasteiger partial charge in [-0.15, -0.1) is 12.3 Å². The monoisotopic (exact) mass is 253 g/mol. The summed E-state index contributed by atoms with van der Waals surface area (Å²) in [6.45, 7) is 3.99. The summed E-state index contributed by atoms with van der Waals surface area (Å²) in [4.78, 5) is 23.1. The maximum absolute atomic E-state index is 11.6. The molecule has 0 aromatic heterocycles. The van der Waals surface area contributed by atoms with Crippen LogP contribution in [0.2, 0.25) is 0 Å². The number of hydrogen-bond acceptors (Lipinski definition) is 3. The van der Waals surface area contributed by atoms with Gasteiger partial charge in [0.1, 0.15) is 6.04 Å². The van der Waals surface area contributed by atoms with Gasteiger partial charge in [0.2, 0.25) is 5.91 Å². The molecule has 0 aromatic carbocycles. The maximum Gasteiger partial charge on any atom is 0.328 e. The Balaban J connectivity index is 4.11. The molecule has 1 amide bonds. The molecule has 0 saturated heterocycles. The molecule has 1 unspecified atom stereocenters. The summed E-state index contributed by atoms with van der Waals surface area (Å²) in [5.74, 6) is 2.34. The summed E-state index contributed by atoms with van der Waals surface area (Å²) in [5, 5.41) is 2.71. The fraction of sp³-hybridized carbons (Fsp3) is 0.714. The molecule has 0 heterocycles. The Hall–Kier alpha value is -1.50. The average molecular weight is 253 g/mol. The third kappa shape index (κ3) is 7.72. The summed E-state index contributed by atoms with van der Waals surface area (Å²) in [6.07, 6.45) is 8.36. The van der Waals surface area contributed by atoms with E-state index in [9.17, 15) is 9.59 Å². The molecule has 0 aromatic rings. The van der Waals surface area contributed by atoms with Crippen LogP contribution in [0, 0.1) is 18.3 Å². The molecule has 0 bridgehead atoms. The molecule has 102 valence electrons. The third-order valence-corrected chi connectivity index (χ3v) is 2.50. The second kappa shape index (κ2) is 9.52. The lowest BCUT2D eigenvalue weighted by Gasteiger charge is -2.18. The van der Waals surface area contributed by atoms with Gasteiger partial charge in [-0.05, 0) is 25.2 Å². The van der Waals surface area contributed by atoms with Crippen LogP contribution in [0.1, 0.15) is 46.0 Å². The molecule has 1 N–H and O–H groups in total. The molecule has 0 aliphatic rings. The molecular formula is C14H23NO3. The zero-order chi connectivity index (χ0) is 14.0. The van der Waals surface area contributed by atoms with Crippen molar-refractivity contribution in [1.82, 2.24) is 5.32 Å². The number of amides is 1. The van der Waals surface area contributed by atoms with Crippen molar-refractivity contribution in [3.05, 3.63) is 0 Å². The molecule has 0 radical (unpaired) electrons. The van der Waals surface area contributed by atoms with Crippen LogP contribution in [0.25, 0.3) is 0 Å². The van der Waals surface area contributed by atoms with Gasteiger partial charge < -0.3 is 10.1 Å². The first-order valence-corrected chi connectivity index (χ1v) is 6.31. The molecule has 18 heavy (non-hydrogen) atoms. The lowest BCUT2D eigenvalue weighted by molar-refractivity contribution is -0.145. The minimum absolute atomic E-state index is 0.122. The molecule has 1 atom stereocenters. The van der Waals surface area contributed by atoms with Gasteiger partial charge in [0.05, 0.1) is 7.11 Å². The molecule has 0 saturated carbocycles. The van der Waals surface area contributed by atoms with Gasteiger partial charge >= 0.3 is 5.97 Å². The molecule has 0 spiro atoms. The van der Waals surface area contributed by atoms with Gasteiger partial charge in [0.25, 0.3) is 0 Å². The average Bonchev–Trinajstić information content (AvgIpc) is 2.32. The summed E-state index contributed by atoms with van der Waals surface area (Å²) in [7, 11) is 1.33. The van der Waals surface area contributed by atoms with Crippen molar-refractivity contribution in [2.75, 3.05) is 7.11 Å². The zero-order valence-electron chi connectivity index (χ0n) is 11.5. The van der Waals surface area contributed by atoms with E-state index in [0.29, 0.717) is 25.2 Å². The van der Waals surface area contributed by atoms with Crippen LogP contribution in [-0.2, 0) is 14.3 Å². The Morgan fingerprint density at radius 3 is 2.50 bits per heavy atom. The molecule has 0 aliphatic heterocycles. The number of rotatable bonds is 8. The van der Waals surface area contributed by atoms with E-state index in [2.05, 4.69) is 16.0 Å². The first kappa shape index (κ1) is 16.5. The van der Waals surface area contributed by atoms with Crippen molar-refractivity contribution in [3.63, 3.8) is 0 Å². The summed E-state index contributed by atoms with van der Waals surface area (Å²) in [5.41, 5.74) is 0. The van der Waals surface area contributed by atoms with Gasteiger partial charge in [-0.25, -0.2) is 4.79 Å². The largest absolute Gasteiger partial charge is 0.467 e. The molecule has 4 heteroatoms. The summed E-state index contributed by atoms with van der Waals surface area (Å²) in [6, 6.07) is -0.546. The quantitative estimate of drug-likeness (QED) is 0.408. The van der Waals surface area contributed by atoms with Gasteiger partial charge in [-0.2, -0.15) is 0 Å². The van der Waals surface area contributed by atoms with Gasteiger partial charge in [0.15, 0.2) is 0 Å². The number of carbonyl (C=O) groups is 2. The molecule has 0 fully saturated rings. The Morgan fingerprint density at radius 2 is 2.00 bits per heavy atom. The minimum atomic E-state index is -0.546. The van der Waals surface area contributed by atoms with E-state index >= 15 is 0 Å². The van der Waals surface area contributed by atoms with Crippen molar-refractivity contribution in [1.29, 1.82) is 0 Å². The van der Waals surface area contributed by atoms with E-state index in [0.717, 1.165) is 12.8 Å². The van der Waals surface area contributed by atoms with Crippen molar-refractivity contribution in [2.24, 2.45) is 5.92 Å². The van der Waals surface area contributed by atoms with Crippen LogP contribution in [0.4, 0.5) is 0 Å². The highest BCUT2D eigenvalue weighted by molar-refractivity contribution is 5.84. The topological polar surface area (TPSA) is 55.4 Å². The van der Waals surface area contributed by atoms with E-state index in [1.54, 1.807) is 0 Å². The maximum atomic E-state index is 11.6. The molecular weight excluding hydrogens is 230 g/mol. The molecule has 0 rings (SSSR count). The highest BCUT2D eigenvalue weighted by Crippen LogP contribution is 2.07. The van der Waals surface area contributed by atoms with E-state index in [1.165, 1.54) is 7.11 Å². The van der Waals surface area contributed by atoms with Crippen LogP contribution >= 0.6 is 0 Å². The van der Waals surface area contributed by atoms with Crippen molar-refractivity contribution in [3.8, 4) is 12.3 Å². The highest BCUT2D eigenvalue weighted by Gasteiger charge is 2.22. The fourth-order valence-corrected chi connectivity index (χ4v) is 1.61. The van der Waals surface area contributed by atoms with Crippen molar-refractivity contribution >= 4 is 11.9 Å². The number of ether oxygens (including phenoxy) is 1. The number of esters is 1. The Bertz CT molecular complexity index is 305. The van der Waals surface area contributed by atoms with Crippen LogP contribution in [0.3, 0.4) is 0 Å². The number of terminal acetylenes is 1. The van der Waals surface area contributed by atoms with E-state index in [1.807, 2.05) is 13.8 Å². The van der Waals surface area contributed by atoms with Crippen LogP contribution < -0.4 is 5.32 Å². The van der Waals surface area contributed by atoms with E-state index in [-0.39, 0.29) is 11.9 Å². The number of methoxy groups -OCH3 is 1. The minimum Gasteiger partial charge on any atom is -0.467 e. The standard InChI is InChI=1S/C14H23NO3/c1-5-6-7-8-9-13(16)15-12(10-11(2)3)14(17)18-4/h1,11-12H,6-10H2,2-4H3,(H,15,16). The van der Waals surface area contributed by atoms with Crippen molar-refractivity contribution in [2.45, 2.75) is 52.0 Å². The predicted molar refractivity (Wildman–Crippen MR) is 70.7 cm³/mol. The first-order chi connectivity index (χ1) is 8.51. The van der Waals surface area contributed by atoms with E-state index in [4.69, 9.17) is 6.42 Å². The lowest BCUT2D eigenvalue weighted by atomic mass is 10.0. The Kier molecular flexibility index (Phi) is 8.73. The van der Waals surface area contributed by atoms with Gasteiger partial charge in [-0.1, -0.05) is 13.8 Å². The van der Waals surface area contributed by atoms with Crippen molar-refractivity contribution < 1.29 is 14.3 Å². The number of hydrogen-bond donors (Lipinski definition) is 1. The predicted octanol–water partition coefficient (Wildman–Crippen LogP) is 1.88. The van der Waals surface area contributed by atoms with Gasteiger partial charge in [0, 0.05) is 12.8 Å². The Labute approximate surface area is 109 Å². The van der Waals surface area contributed by atoms with Crippen LogP contribution in [0.5, 0.6) is 0 Å². The number of unbranched alkanes of at least 4 members (excludes halogenated alkanes) is 2. The van der Waals surface area contributed by atoms with Crippen LogP contribution in [-0.4, -0.2) is 25.0 Å². The van der Waals surface area contributed by atoms with Gasteiger partial charge in [-0.3, -0.25) is 4.79 Å². The van der Waals surface area contributed by atoms with E-state index < -0.39 is 6.04 Å². The number of carbonyl (C=O) groups excluding carboxylic acids is 2. The highest BCUT2D eigenvalue weighted by atomic mass is 16.5. The number of nitrogens with one attached hydrogen (secondary N) is 1. The fourth-order valence-electron chi connectivity index (χ4n) is 1.61. The third-order valence-electron chi connectivity index (χ3n) is 2.50. The zero-order valence-corrected chi connectivity index (χ0v) is 11.5. The lowest BCUT2D eigenvalue weighted by Crippen LogP contribution is -2.42. The van der Waals surface area contributed by atoms with Crippen LogP contribution in [0.15, 0.2) is 0 Å². The summed E-state index contributed by atoms with van der Waals surface area (Å²) >= 11 is 0.